The van der Waals surface area contributed by atoms with Crippen LogP contribution in [0.25, 0.3) is 0 Å². The van der Waals surface area contributed by atoms with Gasteiger partial charge in [-0.1, -0.05) is 11.6 Å². The van der Waals surface area contributed by atoms with E-state index >= 15 is 0 Å². The number of allylic oxidation sites excluding steroid dienone is 1. The van der Waals surface area contributed by atoms with Crippen LogP contribution in [0.1, 0.15) is 26.5 Å². The fourth-order valence-corrected chi connectivity index (χ4v) is 2.41. The molecule has 2 heterocycles. The quantitative estimate of drug-likeness (QED) is 0.843. The summed E-state index contributed by atoms with van der Waals surface area (Å²) in [6, 6.07) is 2.00. The van der Waals surface area contributed by atoms with Crippen molar-refractivity contribution in [3.8, 4) is 0 Å². The number of aryl methyl sites for hydroxylation is 1. The minimum absolute atomic E-state index is 0.854. The van der Waals surface area contributed by atoms with E-state index in [4.69, 9.17) is 0 Å². The highest BCUT2D eigenvalue weighted by atomic mass is 15.3. The van der Waals surface area contributed by atoms with Gasteiger partial charge < -0.3 is 10.2 Å². The Kier molecular flexibility index (Phi) is 5.56. The van der Waals surface area contributed by atoms with E-state index in [1.54, 1.807) is 0 Å². The number of aromatic nitrogens is 2. The maximum Gasteiger partial charge on any atom is 0.227 e. The summed E-state index contributed by atoms with van der Waals surface area (Å²) in [6.45, 7) is 14.5. The lowest BCUT2D eigenvalue weighted by molar-refractivity contribution is 0.282. The number of piperazine rings is 1. The van der Waals surface area contributed by atoms with E-state index in [9.17, 15) is 0 Å². The standard InChI is InChI=1S/C16H27N5/c1-5-17-15-12-14(4)18-16(19-15)21-10-8-20(9-11-21)7-6-13(2)3/h6,12H,5,7-11H2,1-4H3,(H,17,18,19). The summed E-state index contributed by atoms with van der Waals surface area (Å²) in [5.74, 6) is 1.78. The first-order valence-electron chi connectivity index (χ1n) is 7.78. The SMILES string of the molecule is CCNc1cc(C)nc(N2CCN(CC=C(C)C)CC2)n1. The lowest BCUT2D eigenvalue weighted by Gasteiger charge is -2.34. The molecule has 0 spiro atoms. The van der Waals surface area contributed by atoms with Crippen molar-refractivity contribution >= 4 is 11.8 Å². The van der Waals surface area contributed by atoms with E-state index in [0.29, 0.717) is 0 Å². The van der Waals surface area contributed by atoms with E-state index in [2.05, 4.69) is 51.9 Å². The first-order chi connectivity index (χ1) is 10.1. The van der Waals surface area contributed by atoms with Crippen molar-refractivity contribution in [1.82, 2.24) is 14.9 Å². The third-order valence-corrected chi connectivity index (χ3v) is 3.61. The number of anilines is 2. The van der Waals surface area contributed by atoms with Gasteiger partial charge in [0.1, 0.15) is 5.82 Å². The van der Waals surface area contributed by atoms with Crippen LogP contribution in [-0.2, 0) is 0 Å². The molecule has 1 saturated heterocycles. The fraction of sp³-hybridized carbons (Fsp3) is 0.625. The van der Waals surface area contributed by atoms with Crippen LogP contribution in [0.2, 0.25) is 0 Å². The largest absolute Gasteiger partial charge is 0.370 e. The Hall–Kier alpha value is -1.62. The van der Waals surface area contributed by atoms with Gasteiger partial charge in [0.15, 0.2) is 0 Å². The van der Waals surface area contributed by atoms with Gasteiger partial charge in [-0.15, -0.1) is 0 Å². The third kappa shape index (κ3) is 4.70. The second-order valence-electron chi connectivity index (χ2n) is 5.79. The van der Waals surface area contributed by atoms with Crippen LogP contribution in [0, 0.1) is 6.92 Å². The minimum Gasteiger partial charge on any atom is -0.370 e. The molecule has 5 heteroatoms. The highest BCUT2D eigenvalue weighted by molar-refractivity contribution is 5.43. The van der Waals surface area contributed by atoms with Crippen LogP contribution in [0.5, 0.6) is 0 Å². The smallest absolute Gasteiger partial charge is 0.227 e. The zero-order valence-corrected chi connectivity index (χ0v) is 13.7. The monoisotopic (exact) mass is 289 g/mol. The van der Waals surface area contributed by atoms with E-state index in [1.807, 2.05) is 13.0 Å². The molecule has 1 N–H and O–H groups in total. The summed E-state index contributed by atoms with van der Waals surface area (Å²) in [4.78, 5) is 14.0. The molecular weight excluding hydrogens is 262 g/mol. The molecule has 0 atom stereocenters. The average Bonchev–Trinajstić information content (AvgIpc) is 2.45. The molecule has 0 saturated carbocycles. The zero-order valence-electron chi connectivity index (χ0n) is 13.7. The molecular formula is C16H27N5. The Morgan fingerprint density at radius 3 is 2.57 bits per heavy atom. The summed E-state index contributed by atoms with van der Waals surface area (Å²) in [5.41, 5.74) is 2.40. The first kappa shape index (κ1) is 15.8. The number of hydrogen-bond donors (Lipinski definition) is 1. The summed E-state index contributed by atoms with van der Waals surface area (Å²) < 4.78 is 0. The molecule has 116 valence electrons. The highest BCUT2D eigenvalue weighted by Crippen LogP contribution is 2.15. The van der Waals surface area contributed by atoms with E-state index in [-0.39, 0.29) is 0 Å². The predicted octanol–water partition coefficient (Wildman–Crippen LogP) is 2.31. The Balaban J connectivity index is 1.97. The van der Waals surface area contributed by atoms with Crippen molar-refractivity contribution in [2.45, 2.75) is 27.7 Å². The summed E-state index contributed by atoms with van der Waals surface area (Å²) in [6.07, 6.45) is 2.29. The van der Waals surface area contributed by atoms with Gasteiger partial charge in [0.05, 0.1) is 0 Å². The Morgan fingerprint density at radius 1 is 1.24 bits per heavy atom. The topological polar surface area (TPSA) is 44.3 Å². The van der Waals surface area contributed by atoms with Gasteiger partial charge in [-0.3, -0.25) is 4.90 Å². The molecule has 0 bridgehead atoms. The van der Waals surface area contributed by atoms with Crippen molar-refractivity contribution in [2.75, 3.05) is 49.5 Å². The summed E-state index contributed by atoms with van der Waals surface area (Å²) in [5, 5.41) is 3.27. The summed E-state index contributed by atoms with van der Waals surface area (Å²) >= 11 is 0. The van der Waals surface area contributed by atoms with Crippen molar-refractivity contribution in [3.63, 3.8) is 0 Å². The fourth-order valence-electron chi connectivity index (χ4n) is 2.41. The maximum atomic E-state index is 4.62. The molecule has 0 aliphatic carbocycles. The third-order valence-electron chi connectivity index (χ3n) is 3.61. The number of nitrogens with zero attached hydrogens (tertiary/aromatic N) is 4. The lowest BCUT2D eigenvalue weighted by atomic mass is 10.2. The normalized spacial score (nSPS) is 15.9. The van der Waals surface area contributed by atoms with Gasteiger partial charge in [-0.05, 0) is 27.7 Å². The second kappa shape index (κ2) is 7.41. The highest BCUT2D eigenvalue weighted by Gasteiger charge is 2.18. The van der Waals surface area contributed by atoms with Gasteiger partial charge in [0, 0.05) is 51.0 Å². The lowest BCUT2D eigenvalue weighted by Crippen LogP contribution is -2.47. The van der Waals surface area contributed by atoms with Gasteiger partial charge in [0.2, 0.25) is 5.95 Å². The van der Waals surface area contributed by atoms with Crippen molar-refractivity contribution < 1.29 is 0 Å². The number of rotatable bonds is 5. The predicted molar refractivity (Wildman–Crippen MR) is 89.0 cm³/mol. The molecule has 1 fully saturated rings. The molecule has 21 heavy (non-hydrogen) atoms. The summed E-state index contributed by atoms with van der Waals surface area (Å²) in [7, 11) is 0. The Morgan fingerprint density at radius 2 is 1.95 bits per heavy atom. The average molecular weight is 289 g/mol. The number of hydrogen-bond acceptors (Lipinski definition) is 5. The van der Waals surface area contributed by atoms with Crippen LogP contribution in [0.15, 0.2) is 17.7 Å². The van der Waals surface area contributed by atoms with Gasteiger partial charge in [-0.25, -0.2) is 4.98 Å². The number of nitrogens with one attached hydrogen (secondary N) is 1. The van der Waals surface area contributed by atoms with Gasteiger partial charge >= 0.3 is 0 Å². The maximum absolute atomic E-state index is 4.62. The van der Waals surface area contributed by atoms with Crippen LogP contribution in [-0.4, -0.2) is 54.1 Å². The molecule has 5 nitrogen and oxygen atoms in total. The van der Waals surface area contributed by atoms with E-state index in [1.165, 1.54) is 5.57 Å². The minimum atomic E-state index is 0.854. The molecule has 0 aromatic carbocycles. The molecule has 1 aliphatic heterocycles. The van der Waals surface area contributed by atoms with Crippen molar-refractivity contribution in [3.05, 3.63) is 23.4 Å². The van der Waals surface area contributed by atoms with Crippen LogP contribution in [0.3, 0.4) is 0 Å². The van der Waals surface area contributed by atoms with Gasteiger partial charge in [-0.2, -0.15) is 4.98 Å². The first-order valence-corrected chi connectivity index (χ1v) is 7.78. The van der Waals surface area contributed by atoms with Crippen molar-refractivity contribution in [2.24, 2.45) is 0 Å². The molecule has 2 rings (SSSR count). The molecule has 0 amide bonds. The van der Waals surface area contributed by atoms with Gasteiger partial charge in [0.25, 0.3) is 0 Å². The molecule has 0 radical (unpaired) electrons. The van der Waals surface area contributed by atoms with E-state index in [0.717, 1.165) is 56.7 Å². The zero-order chi connectivity index (χ0) is 15.2. The molecule has 1 aromatic heterocycles. The molecule has 0 unspecified atom stereocenters. The molecule has 1 aliphatic rings. The molecule has 1 aromatic rings. The van der Waals surface area contributed by atoms with Crippen LogP contribution < -0.4 is 10.2 Å². The van der Waals surface area contributed by atoms with Crippen LogP contribution in [0.4, 0.5) is 11.8 Å². The Bertz CT molecular complexity index is 485. The Labute approximate surface area is 128 Å². The van der Waals surface area contributed by atoms with Crippen molar-refractivity contribution in [1.29, 1.82) is 0 Å². The van der Waals surface area contributed by atoms with Crippen LogP contribution >= 0.6 is 0 Å². The second-order valence-corrected chi connectivity index (χ2v) is 5.79. The van der Waals surface area contributed by atoms with E-state index < -0.39 is 0 Å².